The highest BCUT2D eigenvalue weighted by molar-refractivity contribution is 6.32. The molecule has 0 spiro atoms. The maximum atomic E-state index is 12.7. The van der Waals surface area contributed by atoms with Crippen molar-refractivity contribution in [3.63, 3.8) is 0 Å². The van der Waals surface area contributed by atoms with Crippen LogP contribution in [0.5, 0.6) is 0 Å². The Morgan fingerprint density at radius 3 is 2.70 bits per heavy atom. The molecule has 1 amide bonds. The fraction of sp³-hybridized carbons (Fsp3) is 0.444. The Hall–Kier alpha value is -1.81. The Balaban J connectivity index is 2.05. The van der Waals surface area contributed by atoms with Crippen LogP contribution in [0.1, 0.15) is 48.4 Å². The Kier molecular flexibility index (Phi) is 4.44. The predicted octanol–water partition coefficient (Wildman–Crippen LogP) is 3.92. The minimum Gasteiger partial charge on any atom is -0.349 e. The molecule has 1 saturated carbocycles. The van der Waals surface area contributed by atoms with Gasteiger partial charge in [-0.05, 0) is 44.2 Å². The van der Waals surface area contributed by atoms with E-state index in [1.807, 2.05) is 31.2 Å². The Morgan fingerprint density at radius 1 is 1.39 bits per heavy atom. The molecule has 1 fully saturated rings. The molecule has 3 rings (SSSR count). The lowest BCUT2D eigenvalue weighted by atomic mass is 10.0. The summed E-state index contributed by atoms with van der Waals surface area (Å²) in [6, 6.07) is 7.90. The highest BCUT2D eigenvalue weighted by Crippen LogP contribution is 2.26. The number of hydrogen-bond donors (Lipinski definition) is 1. The first-order chi connectivity index (χ1) is 11.0. The van der Waals surface area contributed by atoms with Gasteiger partial charge in [0.15, 0.2) is 0 Å². The molecule has 5 heteroatoms. The van der Waals surface area contributed by atoms with Crippen molar-refractivity contribution in [2.45, 2.75) is 46.1 Å². The van der Waals surface area contributed by atoms with E-state index in [-0.39, 0.29) is 5.91 Å². The van der Waals surface area contributed by atoms with Crippen molar-refractivity contribution in [2.75, 3.05) is 0 Å². The van der Waals surface area contributed by atoms with Crippen LogP contribution in [-0.2, 0) is 6.42 Å². The van der Waals surface area contributed by atoms with Crippen molar-refractivity contribution in [1.29, 1.82) is 0 Å². The third-order valence-electron chi connectivity index (χ3n) is 4.01. The van der Waals surface area contributed by atoms with Crippen LogP contribution in [-0.4, -0.2) is 21.7 Å². The van der Waals surface area contributed by atoms with Crippen LogP contribution in [0, 0.1) is 12.8 Å². The summed E-state index contributed by atoms with van der Waals surface area (Å²) in [4.78, 5) is 12.7. The zero-order chi connectivity index (χ0) is 16.6. The third kappa shape index (κ3) is 3.42. The van der Waals surface area contributed by atoms with Gasteiger partial charge in [-0.1, -0.05) is 37.6 Å². The van der Waals surface area contributed by atoms with Gasteiger partial charge in [0.25, 0.3) is 5.91 Å². The molecule has 122 valence electrons. The Morgan fingerprint density at radius 2 is 2.09 bits per heavy atom. The van der Waals surface area contributed by atoms with Crippen molar-refractivity contribution in [2.24, 2.45) is 5.92 Å². The number of nitrogens with one attached hydrogen (secondary N) is 1. The number of halogens is 1. The molecule has 0 atom stereocenters. The molecule has 0 bridgehead atoms. The number of hydrogen-bond acceptors (Lipinski definition) is 2. The van der Waals surface area contributed by atoms with Crippen LogP contribution >= 0.6 is 11.6 Å². The van der Waals surface area contributed by atoms with Crippen molar-refractivity contribution in [3.05, 3.63) is 46.2 Å². The maximum Gasteiger partial charge on any atom is 0.255 e. The molecule has 0 unspecified atom stereocenters. The summed E-state index contributed by atoms with van der Waals surface area (Å²) in [7, 11) is 0. The molecule has 2 aromatic rings. The number of carbonyl (C=O) groups is 1. The lowest BCUT2D eigenvalue weighted by Gasteiger charge is -2.07. The summed E-state index contributed by atoms with van der Waals surface area (Å²) in [5.41, 5.74) is 3.19. The van der Waals surface area contributed by atoms with Gasteiger partial charge in [-0.25, -0.2) is 4.68 Å². The monoisotopic (exact) mass is 331 g/mol. The summed E-state index contributed by atoms with van der Waals surface area (Å²) in [6.07, 6.45) is 2.91. The molecule has 1 heterocycles. The molecular weight excluding hydrogens is 310 g/mol. The van der Waals surface area contributed by atoms with Crippen molar-refractivity contribution < 1.29 is 4.79 Å². The van der Waals surface area contributed by atoms with E-state index in [2.05, 4.69) is 19.2 Å². The number of rotatable bonds is 5. The standard InChI is InChI=1S/C18H22ClN3O/c1-11(2)10-15-17(18(23)20-13-8-9-13)12(3)22(21-15)16-7-5-4-6-14(16)19/h4-7,11,13H,8-10H2,1-3H3,(H,20,23). The van der Waals surface area contributed by atoms with Crippen molar-refractivity contribution in [1.82, 2.24) is 15.1 Å². The van der Waals surface area contributed by atoms with Gasteiger partial charge in [0.05, 0.1) is 27.7 Å². The molecule has 23 heavy (non-hydrogen) atoms. The van der Waals surface area contributed by atoms with Crippen LogP contribution in [0.4, 0.5) is 0 Å². The molecule has 0 radical (unpaired) electrons. The van der Waals surface area contributed by atoms with Crippen LogP contribution in [0.15, 0.2) is 24.3 Å². The highest BCUT2D eigenvalue weighted by Gasteiger charge is 2.28. The topological polar surface area (TPSA) is 46.9 Å². The maximum absolute atomic E-state index is 12.7. The van der Waals surface area contributed by atoms with Crippen LogP contribution in [0.2, 0.25) is 5.02 Å². The van der Waals surface area contributed by atoms with E-state index in [4.69, 9.17) is 16.7 Å². The predicted molar refractivity (Wildman–Crippen MR) is 92.3 cm³/mol. The van der Waals surface area contributed by atoms with Crippen LogP contribution in [0.3, 0.4) is 0 Å². The van der Waals surface area contributed by atoms with Crippen LogP contribution < -0.4 is 5.32 Å². The second-order valence-corrected chi connectivity index (χ2v) is 7.02. The molecule has 1 aromatic carbocycles. The SMILES string of the molecule is Cc1c(C(=O)NC2CC2)c(CC(C)C)nn1-c1ccccc1Cl. The van der Waals surface area contributed by atoms with Gasteiger partial charge in [-0.15, -0.1) is 0 Å². The van der Waals surface area contributed by atoms with E-state index in [0.29, 0.717) is 22.5 Å². The summed E-state index contributed by atoms with van der Waals surface area (Å²) in [6.45, 7) is 6.20. The third-order valence-corrected chi connectivity index (χ3v) is 4.33. The van der Waals surface area contributed by atoms with Crippen molar-refractivity contribution in [3.8, 4) is 5.69 Å². The summed E-state index contributed by atoms with van der Waals surface area (Å²) < 4.78 is 1.79. The van der Waals surface area contributed by atoms with Crippen molar-refractivity contribution >= 4 is 17.5 Å². The van der Waals surface area contributed by atoms with Gasteiger partial charge >= 0.3 is 0 Å². The molecule has 1 aliphatic rings. The summed E-state index contributed by atoms with van der Waals surface area (Å²) in [5, 5.41) is 8.41. The van der Waals surface area contributed by atoms with Gasteiger partial charge in [0.2, 0.25) is 0 Å². The largest absolute Gasteiger partial charge is 0.349 e. The molecule has 1 aliphatic carbocycles. The zero-order valence-corrected chi connectivity index (χ0v) is 14.5. The number of amides is 1. The molecule has 1 aromatic heterocycles. The van der Waals surface area contributed by atoms with Gasteiger partial charge in [0.1, 0.15) is 0 Å². The van der Waals surface area contributed by atoms with Crippen LogP contribution in [0.25, 0.3) is 5.69 Å². The van der Waals surface area contributed by atoms with Gasteiger partial charge in [-0.3, -0.25) is 4.79 Å². The van der Waals surface area contributed by atoms with Gasteiger partial charge in [-0.2, -0.15) is 5.10 Å². The number of nitrogens with zero attached hydrogens (tertiary/aromatic N) is 2. The van der Waals surface area contributed by atoms with E-state index < -0.39 is 0 Å². The fourth-order valence-corrected chi connectivity index (χ4v) is 2.94. The number of carbonyl (C=O) groups excluding carboxylic acids is 1. The quantitative estimate of drug-likeness (QED) is 0.902. The molecule has 0 saturated heterocycles. The molecule has 1 N–H and O–H groups in total. The normalized spacial score (nSPS) is 14.3. The second kappa shape index (κ2) is 6.36. The number of para-hydroxylation sites is 1. The minimum atomic E-state index is -0.0149. The average Bonchev–Trinajstić information content (AvgIpc) is 3.23. The van der Waals surface area contributed by atoms with E-state index in [1.54, 1.807) is 4.68 Å². The number of benzene rings is 1. The van der Waals surface area contributed by atoms with Gasteiger partial charge < -0.3 is 5.32 Å². The molecule has 4 nitrogen and oxygen atoms in total. The van der Waals surface area contributed by atoms with E-state index in [1.165, 1.54) is 0 Å². The Bertz CT molecular complexity index is 732. The first-order valence-electron chi connectivity index (χ1n) is 8.11. The fourth-order valence-electron chi connectivity index (χ4n) is 2.73. The number of aromatic nitrogens is 2. The van der Waals surface area contributed by atoms with E-state index in [0.717, 1.165) is 36.3 Å². The molecule has 0 aliphatic heterocycles. The lowest BCUT2D eigenvalue weighted by molar-refractivity contribution is 0.0949. The highest BCUT2D eigenvalue weighted by atomic mass is 35.5. The summed E-state index contributed by atoms with van der Waals surface area (Å²) >= 11 is 6.31. The van der Waals surface area contributed by atoms with E-state index in [9.17, 15) is 4.79 Å². The lowest BCUT2D eigenvalue weighted by Crippen LogP contribution is -2.27. The smallest absolute Gasteiger partial charge is 0.255 e. The summed E-state index contributed by atoms with van der Waals surface area (Å²) in [5.74, 6) is 0.412. The second-order valence-electron chi connectivity index (χ2n) is 6.62. The zero-order valence-electron chi connectivity index (χ0n) is 13.8. The average molecular weight is 332 g/mol. The first-order valence-corrected chi connectivity index (χ1v) is 8.49. The molecular formula is C18H22ClN3O. The minimum absolute atomic E-state index is 0.0149. The van der Waals surface area contributed by atoms with E-state index >= 15 is 0 Å². The van der Waals surface area contributed by atoms with Gasteiger partial charge in [0, 0.05) is 6.04 Å². The first kappa shape index (κ1) is 16.1. The Labute approximate surface area is 141 Å².